The molecule has 0 bridgehead atoms. The van der Waals surface area contributed by atoms with E-state index in [1.54, 1.807) is 77.9 Å². The third-order valence-electron chi connectivity index (χ3n) is 17.9. The fourth-order valence-electron chi connectivity index (χ4n) is 11.4. The van der Waals surface area contributed by atoms with Crippen molar-refractivity contribution in [3.8, 4) is 34.5 Å². The number of carbonyl (C=O) groups excluding carboxylic acids is 6. The van der Waals surface area contributed by atoms with Crippen LogP contribution in [-0.2, 0) is 76.5 Å². The molecule has 3 aromatic carbocycles. The predicted octanol–water partition coefficient (Wildman–Crippen LogP) is 18.5. The minimum absolute atomic E-state index is 0.0657. The minimum atomic E-state index is -0.995. The topological polar surface area (TPSA) is 213 Å². The molecule has 0 N–H and O–H groups in total. The van der Waals surface area contributed by atoms with Crippen LogP contribution in [0.2, 0.25) is 0 Å². The smallest absolute Gasteiger partial charge is 0.340 e. The van der Waals surface area contributed by atoms with Crippen LogP contribution in [0.5, 0.6) is 34.5 Å². The third-order valence-corrected chi connectivity index (χ3v) is 17.9. The van der Waals surface area contributed by atoms with Crippen molar-refractivity contribution in [3.63, 3.8) is 0 Å². The first-order valence-electron chi connectivity index (χ1n) is 38.3. The van der Waals surface area contributed by atoms with Gasteiger partial charge in [-0.25, -0.2) is 28.8 Å². The van der Waals surface area contributed by atoms with Gasteiger partial charge in [0.1, 0.15) is 0 Å². The average molecular weight is 1390 g/mol. The van der Waals surface area contributed by atoms with Crippen molar-refractivity contribution in [2.24, 2.45) is 0 Å². The van der Waals surface area contributed by atoms with Crippen molar-refractivity contribution < 1.29 is 85.6 Å². The molecule has 1 aliphatic carbocycles. The van der Waals surface area contributed by atoms with Crippen LogP contribution in [0, 0.1) is 0 Å². The molecule has 6 atom stereocenters. The lowest BCUT2D eigenvalue weighted by Crippen LogP contribution is -2.28. The van der Waals surface area contributed by atoms with Crippen LogP contribution in [0.4, 0.5) is 0 Å². The molecule has 18 heteroatoms. The molecule has 0 unspecified atom stereocenters. The number of unbranched alkanes of at least 4 members (excludes halogenated alkanes) is 24. The maximum atomic E-state index is 14.2. The Labute approximate surface area is 594 Å². The van der Waals surface area contributed by atoms with Crippen LogP contribution in [0.25, 0.3) is 0 Å². The van der Waals surface area contributed by atoms with E-state index in [-0.39, 0.29) is 53.8 Å². The Morgan fingerprint density at radius 3 is 0.495 bits per heavy atom. The summed E-state index contributed by atoms with van der Waals surface area (Å²) in [6.07, 6.45) is 24.0. The van der Waals surface area contributed by atoms with E-state index in [4.69, 9.17) is 56.8 Å². The normalized spacial score (nSPS) is 13.8. The van der Waals surface area contributed by atoms with Crippen molar-refractivity contribution in [2.75, 3.05) is 39.6 Å². The highest BCUT2D eigenvalue weighted by atomic mass is 16.6. The molecule has 3 aromatic rings. The number of rotatable bonds is 54. The Balaban J connectivity index is 2.02. The number of hydrogen-bond donors (Lipinski definition) is 0. The van der Waals surface area contributed by atoms with E-state index in [2.05, 4.69) is 41.5 Å². The average Bonchev–Trinajstić information content (AvgIpc) is 1.75. The number of benzene rings is 3. The number of fused-ring (bicyclic) bond motifs is 3. The Hall–Kier alpha value is -5.76. The van der Waals surface area contributed by atoms with Crippen LogP contribution >= 0.6 is 0 Å². The maximum Gasteiger partial charge on any atom is 0.340 e. The molecule has 0 fully saturated rings. The van der Waals surface area contributed by atoms with Gasteiger partial charge in [-0.2, -0.15) is 0 Å². The SMILES string of the molecule is CCCCCCCO[C@H](C)C(=O)Oc1cc2c(cc1OC(=O)[C@@H](C)OCCCCCCC)Cc1cc(OC(=O)[C@@H](C)OCCCCCCC)c(OC(=O)[C@@H](C)OCCCCCCC)cc1Cc1cc(OC(=O)[C@@H](C)OCCCCCCC)c(OC(=O)[C@@H](C)OCCCCCCC)cc1C2. The van der Waals surface area contributed by atoms with Gasteiger partial charge < -0.3 is 56.8 Å². The van der Waals surface area contributed by atoms with Gasteiger partial charge in [0.15, 0.2) is 71.1 Å². The summed E-state index contributed by atoms with van der Waals surface area (Å²) in [6, 6.07) is 9.93. The summed E-state index contributed by atoms with van der Waals surface area (Å²) in [6.45, 7) is 24.6. The van der Waals surface area contributed by atoms with Gasteiger partial charge in [-0.1, -0.05) is 196 Å². The second kappa shape index (κ2) is 50.6. The van der Waals surface area contributed by atoms with Gasteiger partial charge in [0.2, 0.25) is 0 Å². The molecule has 0 saturated heterocycles. The molecule has 99 heavy (non-hydrogen) atoms. The summed E-state index contributed by atoms with van der Waals surface area (Å²) in [5.74, 6) is -4.68. The Kier molecular flexibility index (Phi) is 43.7. The van der Waals surface area contributed by atoms with E-state index in [1.165, 1.54) is 0 Å². The Morgan fingerprint density at radius 2 is 0.364 bits per heavy atom. The standard InChI is InChI=1S/C81H126O18/c1-13-19-25-31-37-43-88-58(7)76(82)94-70-52-64-49-66-54-72(96-78(84)60(9)90-45-39-33-27-21-15-3)74(98-80(86)62(11)92-47-41-35-29-23-17-5)56-68(66)51-69-57-75(99-81(87)63(12)93-48-42-36-30-24-18-6)73(97-79(85)61(10)91-46-40-34-28-22-16-4)55-67(69)50-65(64)53-71(70)95-77(83)59(8)89-44-38-32-26-20-14-2/h52-63H,13-51H2,1-12H3/t58-,59-,60-,61-,62-,63-/m1/s1. The van der Waals surface area contributed by atoms with E-state index in [9.17, 15) is 28.8 Å². The lowest BCUT2D eigenvalue weighted by atomic mass is 9.94. The first-order chi connectivity index (χ1) is 47.9. The van der Waals surface area contributed by atoms with Crippen LogP contribution in [0.15, 0.2) is 36.4 Å². The quantitative estimate of drug-likeness (QED) is 0.0228. The number of ether oxygens (including phenoxy) is 12. The van der Waals surface area contributed by atoms with Crippen molar-refractivity contribution in [2.45, 2.75) is 332 Å². The molecule has 0 aromatic heterocycles. The van der Waals surface area contributed by atoms with Crippen molar-refractivity contribution in [3.05, 3.63) is 69.8 Å². The highest BCUT2D eigenvalue weighted by Gasteiger charge is 2.31. The van der Waals surface area contributed by atoms with Gasteiger partial charge in [0, 0.05) is 39.6 Å². The molecule has 558 valence electrons. The lowest BCUT2D eigenvalue weighted by Gasteiger charge is -2.20. The molecule has 0 spiro atoms. The van der Waals surface area contributed by atoms with Gasteiger partial charge >= 0.3 is 35.8 Å². The highest BCUT2D eigenvalue weighted by Crippen LogP contribution is 2.42. The van der Waals surface area contributed by atoms with Crippen LogP contribution in [0.3, 0.4) is 0 Å². The van der Waals surface area contributed by atoms with E-state index in [0.717, 1.165) is 193 Å². The molecular weight excluding hydrogens is 1260 g/mol. The lowest BCUT2D eigenvalue weighted by molar-refractivity contribution is -0.149. The van der Waals surface area contributed by atoms with Gasteiger partial charge in [0.05, 0.1) is 0 Å². The zero-order valence-corrected chi connectivity index (χ0v) is 62.9. The molecule has 0 aliphatic heterocycles. The molecular formula is C81H126O18. The fourth-order valence-corrected chi connectivity index (χ4v) is 11.4. The van der Waals surface area contributed by atoms with E-state index in [1.807, 2.05) is 0 Å². The maximum absolute atomic E-state index is 14.2. The Bertz CT molecular complexity index is 2350. The van der Waals surface area contributed by atoms with Crippen LogP contribution in [0.1, 0.15) is 309 Å². The number of esters is 6. The molecule has 18 nitrogen and oxygen atoms in total. The molecule has 0 heterocycles. The second-order valence-electron chi connectivity index (χ2n) is 26.8. The monoisotopic (exact) mass is 1390 g/mol. The third kappa shape index (κ3) is 33.3. The van der Waals surface area contributed by atoms with Crippen LogP contribution < -0.4 is 28.4 Å². The zero-order valence-electron chi connectivity index (χ0n) is 62.9. The molecule has 1 aliphatic rings. The van der Waals surface area contributed by atoms with Crippen molar-refractivity contribution in [1.82, 2.24) is 0 Å². The van der Waals surface area contributed by atoms with Crippen LogP contribution in [-0.4, -0.2) is 112 Å². The van der Waals surface area contributed by atoms with Gasteiger partial charge in [-0.05, 0) is 169 Å². The molecule has 0 radical (unpaired) electrons. The predicted molar refractivity (Wildman–Crippen MR) is 387 cm³/mol. The summed E-state index contributed by atoms with van der Waals surface area (Å²) in [5.41, 5.74) is 3.53. The molecule has 0 amide bonds. The van der Waals surface area contributed by atoms with Crippen molar-refractivity contribution in [1.29, 1.82) is 0 Å². The largest absolute Gasteiger partial charge is 0.421 e. The summed E-state index contributed by atoms with van der Waals surface area (Å²) in [5, 5.41) is 0. The second-order valence-corrected chi connectivity index (χ2v) is 26.8. The van der Waals surface area contributed by atoms with Crippen molar-refractivity contribution >= 4 is 35.8 Å². The molecule has 0 saturated carbocycles. The summed E-state index contributed by atoms with van der Waals surface area (Å²) >= 11 is 0. The summed E-state index contributed by atoms with van der Waals surface area (Å²) in [4.78, 5) is 85.4. The first kappa shape index (κ1) is 85.7. The summed E-state index contributed by atoms with van der Waals surface area (Å²) < 4.78 is 73.6. The highest BCUT2D eigenvalue weighted by molar-refractivity contribution is 5.83. The number of hydrogen-bond acceptors (Lipinski definition) is 18. The number of carbonyl (C=O) groups is 6. The van der Waals surface area contributed by atoms with E-state index < -0.39 is 72.4 Å². The summed E-state index contributed by atoms with van der Waals surface area (Å²) in [7, 11) is 0. The molecule has 4 rings (SSSR count). The Morgan fingerprint density at radius 1 is 0.232 bits per heavy atom. The van der Waals surface area contributed by atoms with E-state index >= 15 is 0 Å². The van der Waals surface area contributed by atoms with Gasteiger partial charge in [-0.3, -0.25) is 0 Å². The fraction of sp³-hybridized carbons (Fsp3) is 0.704. The van der Waals surface area contributed by atoms with Gasteiger partial charge in [-0.15, -0.1) is 0 Å². The minimum Gasteiger partial charge on any atom is -0.421 e. The van der Waals surface area contributed by atoms with Gasteiger partial charge in [0.25, 0.3) is 0 Å². The zero-order chi connectivity index (χ0) is 72.2. The van der Waals surface area contributed by atoms with E-state index in [0.29, 0.717) is 73.0 Å². The first-order valence-corrected chi connectivity index (χ1v) is 38.3.